The van der Waals surface area contributed by atoms with E-state index in [2.05, 4.69) is 19.2 Å². The molecule has 0 unspecified atom stereocenters. The van der Waals surface area contributed by atoms with Crippen LogP contribution in [0.3, 0.4) is 0 Å². The Balaban J connectivity index is 1.71. The first-order chi connectivity index (χ1) is 12.5. The number of amides is 2. The maximum Gasteiger partial charge on any atom is 0.317 e. The average Bonchev–Trinajstić information content (AvgIpc) is 2.66. The Morgan fingerprint density at radius 3 is 2.46 bits per heavy atom. The summed E-state index contributed by atoms with van der Waals surface area (Å²) in [4.78, 5) is 14.4. The van der Waals surface area contributed by atoms with Crippen LogP contribution in [0.1, 0.15) is 31.0 Å². The van der Waals surface area contributed by atoms with Gasteiger partial charge in [-0.25, -0.2) is 4.79 Å². The van der Waals surface area contributed by atoms with Gasteiger partial charge in [-0.2, -0.15) is 0 Å². The summed E-state index contributed by atoms with van der Waals surface area (Å²) in [5, 5.41) is 3.15. The van der Waals surface area contributed by atoms with Crippen molar-refractivity contribution in [2.24, 2.45) is 5.92 Å². The molecule has 0 aromatic heterocycles. The third-order valence-corrected chi connectivity index (χ3v) is 4.48. The van der Waals surface area contributed by atoms with Gasteiger partial charge in [0.25, 0.3) is 0 Å². The molecule has 5 heteroatoms. The highest BCUT2D eigenvalue weighted by Gasteiger charge is 2.22. The molecule has 138 valence electrons. The van der Waals surface area contributed by atoms with Gasteiger partial charge in [0.05, 0.1) is 6.04 Å². The molecule has 0 fully saturated rings. The summed E-state index contributed by atoms with van der Waals surface area (Å²) in [6, 6.07) is 15.7. The number of benzene rings is 2. The van der Waals surface area contributed by atoms with Gasteiger partial charge < -0.3 is 19.7 Å². The first kappa shape index (κ1) is 18.1. The molecular weight excluding hydrogens is 328 g/mol. The normalized spacial score (nSPS) is 14.0. The molecule has 0 aliphatic carbocycles. The van der Waals surface area contributed by atoms with Crippen molar-refractivity contribution < 1.29 is 14.3 Å². The quantitative estimate of drug-likeness (QED) is 0.883. The molecule has 0 bridgehead atoms. The van der Waals surface area contributed by atoms with Crippen LogP contribution in [0.15, 0.2) is 48.5 Å². The van der Waals surface area contributed by atoms with Crippen molar-refractivity contribution in [1.29, 1.82) is 0 Å². The maximum atomic E-state index is 12.7. The van der Waals surface area contributed by atoms with Crippen molar-refractivity contribution in [3.63, 3.8) is 0 Å². The van der Waals surface area contributed by atoms with Crippen LogP contribution < -0.4 is 14.8 Å². The van der Waals surface area contributed by atoms with Gasteiger partial charge in [-0.15, -0.1) is 0 Å². The first-order valence-corrected chi connectivity index (χ1v) is 8.99. The number of ether oxygens (including phenoxy) is 2. The molecular formula is C21H26N2O3. The summed E-state index contributed by atoms with van der Waals surface area (Å²) in [6.07, 6.45) is 0. The molecule has 1 N–H and O–H groups in total. The number of carbonyl (C=O) groups excluding carboxylic acids is 1. The Hall–Kier alpha value is -2.69. The summed E-state index contributed by atoms with van der Waals surface area (Å²) < 4.78 is 11.3. The third-order valence-electron chi connectivity index (χ3n) is 4.48. The number of nitrogens with one attached hydrogen (secondary N) is 1. The molecule has 0 saturated carbocycles. The van der Waals surface area contributed by atoms with Gasteiger partial charge in [0.15, 0.2) is 11.5 Å². The number of fused-ring (bicyclic) bond motifs is 1. The minimum absolute atomic E-state index is 0.0950. The van der Waals surface area contributed by atoms with E-state index in [1.54, 1.807) is 4.90 Å². The van der Waals surface area contributed by atoms with Crippen molar-refractivity contribution in [1.82, 2.24) is 10.2 Å². The lowest BCUT2D eigenvalue weighted by Gasteiger charge is -2.28. The molecule has 5 nitrogen and oxygen atoms in total. The fraction of sp³-hybridized carbons (Fsp3) is 0.381. The predicted octanol–water partition coefficient (Wildman–Crippen LogP) is 4.00. The van der Waals surface area contributed by atoms with Gasteiger partial charge in [0, 0.05) is 13.6 Å². The van der Waals surface area contributed by atoms with E-state index in [-0.39, 0.29) is 18.0 Å². The molecule has 0 saturated heterocycles. The SMILES string of the molecule is CC(C)[C@@H](NC(=O)N(C)Cc1ccccc1)c1ccc2c(c1)OCCO2. The van der Waals surface area contributed by atoms with Crippen LogP contribution in [-0.4, -0.2) is 31.2 Å². The van der Waals surface area contributed by atoms with Gasteiger partial charge in [-0.05, 0) is 29.2 Å². The van der Waals surface area contributed by atoms with Crippen molar-refractivity contribution in [3.8, 4) is 11.5 Å². The van der Waals surface area contributed by atoms with E-state index < -0.39 is 0 Å². The highest BCUT2D eigenvalue weighted by Crippen LogP contribution is 2.34. The molecule has 0 radical (unpaired) electrons. The van der Waals surface area contributed by atoms with E-state index in [1.165, 1.54) is 0 Å². The lowest BCUT2D eigenvalue weighted by atomic mass is 9.95. The number of nitrogens with zero attached hydrogens (tertiary/aromatic N) is 1. The fourth-order valence-electron chi connectivity index (χ4n) is 3.06. The highest BCUT2D eigenvalue weighted by atomic mass is 16.6. The number of rotatable bonds is 5. The molecule has 1 heterocycles. The van der Waals surface area contributed by atoms with E-state index in [0.717, 1.165) is 22.6 Å². The second kappa shape index (κ2) is 8.13. The summed E-state index contributed by atoms with van der Waals surface area (Å²) >= 11 is 0. The highest BCUT2D eigenvalue weighted by molar-refractivity contribution is 5.74. The Morgan fingerprint density at radius 1 is 1.08 bits per heavy atom. The van der Waals surface area contributed by atoms with Crippen LogP contribution >= 0.6 is 0 Å². The number of hydrogen-bond donors (Lipinski definition) is 1. The van der Waals surface area contributed by atoms with Gasteiger partial charge in [0.1, 0.15) is 13.2 Å². The van der Waals surface area contributed by atoms with Crippen molar-refractivity contribution in [2.75, 3.05) is 20.3 Å². The van der Waals surface area contributed by atoms with Gasteiger partial charge in [0.2, 0.25) is 0 Å². The third kappa shape index (κ3) is 4.28. The van der Waals surface area contributed by atoms with E-state index in [1.807, 2.05) is 55.6 Å². The summed E-state index contributed by atoms with van der Waals surface area (Å²) in [6.45, 7) is 5.88. The zero-order valence-corrected chi connectivity index (χ0v) is 15.6. The molecule has 0 spiro atoms. The second-order valence-electron chi connectivity index (χ2n) is 6.92. The molecule has 2 aromatic carbocycles. The lowest BCUT2D eigenvalue weighted by Crippen LogP contribution is -2.40. The Kier molecular flexibility index (Phi) is 5.66. The number of hydrogen-bond acceptors (Lipinski definition) is 3. The Labute approximate surface area is 154 Å². The van der Waals surface area contributed by atoms with E-state index in [9.17, 15) is 4.79 Å². The Bertz CT molecular complexity index is 746. The van der Waals surface area contributed by atoms with Crippen molar-refractivity contribution in [3.05, 3.63) is 59.7 Å². The zero-order chi connectivity index (χ0) is 18.5. The molecule has 2 amide bonds. The maximum absolute atomic E-state index is 12.7. The molecule has 3 rings (SSSR count). The van der Waals surface area contributed by atoms with Gasteiger partial charge in [-0.1, -0.05) is 50.2 Å². The Morgan fingerprint density at radius 2 is 1.77 bits per heavy atom. The smallest absolute Gasteiger partial charge is 0.317 e. The number of carbonyl (C=O) groups is 1. The van der Waals surface area contributed by atoms with E-state index in [4.69, 9.17) is 9.47 Å². The van der Waals surface area contributed by atoms with Crippen LogP contribution in [0.5, 0.6) is 11.5 Å². The standard InChI is InChI=1S/C21H26N2O3/c1-15(2)20(17-9-10-18-19(13-17)26-12-11-25-18)22-21(24)23(3)14-16-7-5-4-6-8-16/h4-10,13,15,20H,11-12,14H2,1-3H3,(H,22,24)/t20-/m1/s1. The second-order valence-corrected chi connectivity index (χ2v) is 6.92. The van der Waals surface area contributed by atoms with Crippen molar-refractivity contribution in [2.45, 2.75) is 26.4 Å². The predicted molar refractivity (Wildman–Crippen MR) is 101 cm³/mol. The minimum Gasteiger partial charge on any atom is -0.486 e. The molecule has 2 aromatic rings. The first-order valence-electron chi connectivity index (χ1n) is 8.99. The van der Waals surface area contributed by atoms with Crippen LogP contribution in [0.25, 0.3) is 0 Å². The van der Waals surface area contributed by atoms with Crippen LogP contribution in [0.2, 0.25) is 0 Å². The van der Waals surface area contributed by atoms with Crippen LogP contribution in [-0.2, 0) is 6.54 Å². The van der Waals surface area contributed by atoms with Gasteiger partial charge >= 0.3 is 6.03 Å². The summed E-state index contributed by atoms with van der Waals surface area (Å²) in [5.74, 6) is 1.74. The van der Waals surface area contributed by atoms with Crippen LogP contribution in [0, 0.1) is 5.92 Å². The van der Waals surface area contributed by atoms with Crippen LogP contribution in [0.4, 0.5) is 4.79 Å². The molecule has 1 atom stereocenters. The molecule has 1 aliphatic rings. The molecule has 1 aliphatic heterocycles. The fourth-order valence-corrected chi connectivity index (χ4v) is 3.06. The van der Waals surface area contributed by atoms with Crippen molar-refractivity contribution >= 4 is 6.03 Å². The lowest BCUT2D eigenvalue weighted by molar-refractivity contribution is 0.171. The van der Waals surface area contributed by atoms with E-state index in [0.29, 0.717) is 19.8 Å². The summed E-state index contributed by atoms with van der Waals surface area (Å²) in [7, 11) is 1.81. The van der Waals surface area contributed by atoms with E-state index >= 15 is 0 Å². The summed E-state index contributed by atoms with van der Waals surface area (Å²) in [5.41, 5.74) is 2.12. The van der Waals surface area contributed by atoms with Gasteiger partial charge in [-0.3, -0.25) is 0 Å². The zero-order valence-electron chi connectivity index (χ0n) is 15.6. The number of urea groups is 1. The average molecular weight is 354 g/mol. The largest absolute Gasteiger partial charge is 0.486 e. The topological polar surface area (TPSA) is 50.8 Å². The molecule has 26 heavy (non-hydrogen) atoms. The minimum atomic E-state index is -0.100. The monoisotopic (exact) mass is 354 g/mol.